The molecule has 0 unspecified atom stereocenters. The van der Waals surface area contributed by atoms with Gasteiger partial charge in [0.1, 0.15) is 0 Å². The van der Waals surface area contributed by atoms with Crippen LogP contribution in [0.5, 0.6) is 0 Å². The molecule has 0 saturated carbocycles. The summed E-state index contributed by atoms with van der Waals surface area (Å²) in [5.41, 5.74) is 2.00. The van der Waals surface area contributed by atoms with E-state index < -0.39 is 26.5 Å². The van der Waals surface area contributed by atoms with Crippen molar-refractivity contribution < 1.29 is 152 Å². The number of rotatable bonds is 11. The molecular weight excluding hydrogens is 500 g/mol. The van der Waals surface area contributed by atoms with E-state index in [0.29, 0.717) is 19.9 Å². The topological polar surface area (TPSA) is 177 Å². The van der Waals surface area contributed by atoms with Gasteiger partial charge >= 0.3 is 118 Å². The first kappa shape index (κ1) is 42.0. The third kappa shape index (κ3) is 14.0. The van der Waals surface area contributed by atoms with Crippen molar-refractivity contribution in [1.82, 2.24) is 15.0 Å². The second kappa shape index (κ2) is 19.0. The maximum absolute atomic E-state index is 11.3. The van der Waals surface area contributed by atoms with Crippen LogP contribution in [0.3, 0.4) is 0 Å². The summed E-state index contributed by atoms with van der Waals surface area (Å²) in [6, 6.07) is 0. The van der Waals surface area contributed by atoms with Crippen LogP contribution in [-0.2, 0) is 22.1 Å². The largest absolute Gasteiger partial charge is 1.00 e. The van der Waals surface area contributed by atoms with Crippen LogP contribution in [-0.4, -0.2) is 31.6 Å². The van der Waals surface area contributed by atoms with Crippen LogP contribution in [0.4, 0.5) is 0 Å². The summed E-state index contributed by atoms with van der Waals surface area (Å²) in [7, 11) is -11.4. The molecule has 0 bridgehead atoms. The number of aliphatic hydroxyl groups excluding tert-OH is 1. The number of nitrogens with zero attached hydrogens (tertiary/aromatic N) is 3. The van der Waals surface area contributed by atoms with Gasteiger partial charge in [-0.3, -0.25) is 4.68 Å². The van der Waals surface area contributed by atoms with Gasteiger partial charge in [0.15, 0.2) is 0 Å². The van der Waals surface area contributed by atoms with Crippen LogP contribution in [0.25, 0.3) is 0 Å². The zero-order valence-electron chi connectivity index (χ0n) is 20.1. The maximum atomic E-state index is 11.3. The first-order chi connectivity index (χ1) is 12.8. The summed E-state index contributed by atoms with van der Waals surface area (Å²) in [5.74, 6) is 0. The van der Waals surface area contributed by atoms with Gasteiger partial charge in [0.2, 0.25) is 0 Å². The molecule has 1 aromatic rings. The number of hydrogen-bond donors (Lipinski definition) is 1. The number of aliphatic hydroxyl groups is 1. The zero-order chi connectivity index (χ0) is 21.6. The smallest absolute Gasteiger partial charge is 0.810 e. The molecule has 1 aromatic heterocycles. The molecule has 0 saturated heterocycles. The van der Waals surface area contributed by atoms with Crippen molar-refractivity contribution >= 4 is 15.2 Å². The fraction of sp³-hybridized carbons (Fsp3) is 0.625. The summed E-state index contributed by atoms with van der Waals surface area (Å²) < 4.78 is 24.0. The Kier molecular flexibility index (Phi) is 25.0. The second-order valence-corrected chi connectivity index (χ2v) is 11.3. The molecule has 0 fully saturated rings. The fourth-order valence-electron chi connectivity index (χ4n) is 2.37. The van der Waals surface area contributed by atoms with E-state index in [1.807, 2.05) is 26.0 Å². The van der Waals surface area contributed by atoms with Gasteiger partial charge in [-0.2, -0.15) is 0 Å². The third-order valence-electron chi connectivity index (χ3n) is 4.41. The van der Waals surface area contributed by atoms with Crippen LogP contribution < -0.4 is 138 Å². The summed E-state index contributed by atoms with van der Waals surface area (Å²) in [6.45, 7) is 4.88. The maximum Gasteiger partial charge on any atom is 1.00 e. The minimum atomic E-state index is -5.72. The molecule has 0 aromatic carbocycles. The molecule has 0 radical (unpaired) electrons. The Morgan fingerprint density at radius 2 is 1.53 bits per heavy atom. The average Bonchev–Trinajstić information content (AvgIpc) is 2.99. The summed E-state index contributed by atoms with van der Waals surface area (Å²) in [6.07, 6.45) is 6.71. The van der Waals surface area contributed by atoms with Crippen molar-refractivity contribution in [3.63, 3.8) is 0 Å². The first-order valence-corrected chi connectivity index (χ1v) is 11.7. The average molecular weight is 525 g/mol. The summed E-state index contributed by atoms with van der Waals surface area (Å²) in [4.78, 5) is 42.3. The van der Waals surface area contributed by atoms with Gasteiger partial charge in [0.25, 0.3) is 0 Å². The van der Waals surface area contributed by atoms with Gasteiger partial charge in [0.05, 0.1) is 12.3 Å². The van der Waals surface area contributed by atoms with E-state index in [9.17, 15) is 28.7 Å². The summed E-state index contributed by atoms with van der Waals surface area (Å²) >= 11 is 0. The minimum Gasteiger partial charge on any atom is -0.810 e. The van der Waals surface area contributed by atoms with Crippen molar-refractivity contribution in [3.05, 3.63) is 35.2 Å². The van der Waals surface area contributed by atoms with E-state index in [0.717, 1.165) is 24.0 Å². The molecule has 10 nitrogen and oxygen atoms in total. The van der Waals surface area contributed by atoms with Gasteiger partial charge in [-0.05, 0) is 40.0 Å². The number of allylic oxidation sites excluding steroid dienone is 3. The van der Waals surface area contributed by atoms with Crippen molar-refractivity contribution in [1.29, 1.82) is 0 Å². The SMILES string of the molecule is C/C(=C/CCn1cc(CC(C)(P(=O)([O-])[O-])P(=O)([O-])[O-])nn1)CC/C=C(\C)CO.[Na+].[Na+].[Na+].[Na+]. The van der Waals surface area contributed by atoms with Crippen molar-refractivity contribution in [2.45, 2.75) is 57.9 Å². The van der Waals surface area contributed by atoms with Gasteiger partial charge < -0.3 is 33.8 Å². The van der Waals surface area contributed by atoms with E-state index in [1.165, 1.54) is 10.9 Å². The monoisotopic (exact) mass is 525 g/mol. The molecule has 0 aliphatic rings. The van der Waals surface area contributed by atoms with Gasteiger partial charge in [-0.15, -0.1) is 5.10 Å². The minimum absolute atomic E-state index is 0. The quantitative estimate of drug-likeness (QED) is 0.167. The van der Waals surface area contributed by atoms with E-state index in [-0.39, 0.29) is 131 Å². The Bertz CT molecular complexity index is 802. The number of aryl methyl sites for hydroxylation is 1. The molecule has 0 spiro atoms. The first-order valence-electron chi connectivity index (χ1n) is 8.65. The Morgan fingerprint density at radius 1 is 1.03 bits per heavy atom. The van der Waals surface area contributed by atoms with Crippen LogP contribution in [0.15, 0.2) is 29.5 Å². The van der Waals surface area contributed by atoms with E-state index >= 15 is 0 Å². The molecule has 160 valence electrons. The Labute approximate surface area is 278 Å². The Hall–Kier alpha value is 2.88. The molecule has 1 rings (SSSR count). The molecule has 32 heavy (non-hydrogen) atoms. The second-order valence-electron chi connectivity index (χ2n) is 6.95. The van der Waals surface area contributed by atoms with E-state index in [4.69, 9.17) is 5.11 Å². The zero-order valence-corrected chi connectivity index (χ0v) is 29.9. The molecule has 16 heteroatoms. The van der Waals surface area contributed by atoms with Gasteiger partial charge in [-0.1, -0.05) is 43.7 Å². The predicted molar refractivity (Wildman–Crippen MR) is 95.8 cm³/mol. The molecule has 0 atom stereocenters. The van der Waals surface area contributed by atoms with Crippen molar-refractivity contribution in [3.8, 4) is 0 Å². The number of aromatic nitrogens is 3. The predicted octanol–water partition coefficient (Wildman–Crippen LogP) is -12.6. The normalized spacial score (nSPS) is 12.8. The Morgan fingerprint density at radius 3 is 2.00 bits per heavy atom. The molecule has 0 aliphatic heterocycles. The van der Waals surface area contributed by atoms with Gasteiger partial charge in [-0.25, -0.2) is 0 Å². The third-order valence-corrected chi connectivity index (χ3v) is 8.56. The Balaban J connectivity index is -0.000000980. The molecule has 0 amide bonds. The van der Waals surface area contributed by atoms with Crippen molar-refractivity contribution in [2.24, 2.45) is 0 Å². The molecular formula is C16H25N3Na4O7P2. The van der Waals surface area contributed by atoms with Crippen LogP contribution in [0.1, 0.15) is 45.7 Å². The van der Waals surface area contributed by atoms with Gasteiger partial charge in [0, 0.05) is 24.1 Å². The summed E-state index contributed by atoms with van der Waals surface area (Å²) in [5, 5.41) is 16.4. The van der Waals surface area contributed by atoms with Crippen molar-refractivity contribution in [2.75, 3.05) is 6.61 Å². The van der Waals surface area contributed by atoms with Crippen LogP contribution >= 0.6 is 15.2 Å². The van der Waals surface area contributed by atoms with Crippen LogP contribution in [0, 0.1) is 0 Å². The molecule has 1 N–H and O–H groups in total. The fourth-order valence-corrected chi connectivity index (χ4v) is 4.28. The molecule has 1 heterocycles. The van der Waals surface area contributed by atoms with E-state index in [1.54, 1.807) is 0 Å². The van der Waals surface area contributed by atoms with E-state index in [2.05, 4.69) is 10.3 Å². The van der Waals surface area contributed by atoms with Crippen LogP contribution in [0.2, 0.25) is 0 Å². The number of hydrogen-bond acceptors (Lipinski definition) is 9. The standard InChI is InChI=1S/C16H29N3O7P2.4Na/c1-13(6-4-7-14(2)12-20)8-5-9-19-11-15(17-18-19)10-16(3,27(21,22)23)28(24,25)26;;;;/h7-8,11,20H,4-6,9-10,12H2,1-3H3,(H2,21,22,23)(H2,24,25,26);;;;/q;4*+1/p-4/b13-8-,14-7+;;;;. The molecule has 0 aliphatic carbocycles.